The van der Waals surface area contributed by atoms with Gasteiger partial charge in [0.1, 0.15) is 0 Å². The molecule has 0 amide bonds. The average molecular weight is 217 g/mol. The summed E-state index contributed by atoms with van der Waals surface area (Å²) in [4.78, 5) is 1.15. The summed E-state index contributed by atoms with van der Waals surface area (Å²) in [6.45, 7) is 5.84. The number of halogens is 1. The number of thiophene rings is 1. The lowest BCUT2D eigenvalue weighted by molar-refractivity contribution is 0.559. The summed E-state index contributed by atoms with van der Waals surface area (Å²) in [6, 6.07) is 4.00. The molecule has 1 rings (SSSR count). The van der Waals surface area contributed by atoms with E-state index in [1.165, 1.54) is 0 Å². The predicted molar refractivity (Wildman–Crippen MR) is 58.8 cm³/mol. The third kappa shape index (κ3) is 3.12. The van der Waals surface area contributed by atoms with Crippen LogP contribution in [0.5, 0.6) is 0 Å². The lowest BCUT2D eigenvalue weighted by atomic mass is 10.1. The molecular weight excluding hydrogens is 204 g/mol. The smallest absolute Gasteiger partial charge is 0.0931 e. The van der Waals surface area contributed by atoms with Gasteiger partial charge in [-0.1, -0.05) is 17.2 Å². The normalized spacial score (nSPS) is 12.8. The van der Waals surface area contributed by atoms with Crippen molar-refractivity contribution in [2.45, 2.75) is 19.4 Å². The number of rotatable bonds is 4. The third-order valence-corrected chi connectivity index (χ3v) is 3.04. The van der Waals surface area contributed by atoms with Crippen molar-refractivity contribution in [1.29, 1.82) is 0 Å². The number of hydrazine groups is 1. The van der Waals surface area contributed by atoms with Gasteiger partial charge in [-0.15, -0.1) is 17.9 Å². The highest BCUT2D eigenvalue weighted by Crippen LogP contribution is 2.29. The summed E-state index contributed by atoms with van der Waals surface area (Å²) >= 11 is 7.37. The van der Waals surface area contributed by atoms with Crippen molar-refractivity contribution in [1.82, 2.24) is 5.43 Å². The molecule has 0 aliphatic heterocycles. The molecule has 1 aromatic heterocycles. The second kappa shape index (κ2) is 4.77. The minimum atomic E-state index is 0.134. The summed E-state index contributed by atoms with van der Waals surface area (Å²) in [6.07, 6.45) is 0.841. The van der Waals surface area contributed by atoms with E-state index in [1.807, 2.05) is 19.1 Å². The van der Waals surface area contributed by atoms with Crippen LogP contribution in [0, 0.1) is 0 Å². The molecule has 0 fully saturated rings. The average Bonchev–Trinajstić information content (AvgIpc) is 2.47. The molecule has 0 radical (unpaired) electrons. The lowest BCUT2D eigenvalue weighted by Gasteiger charge is -2.13. The van der Waals surface area contributed by atoms with Crippen molar-refractivity contribution in [3.05, 3.63) is 33.5 Å². The van der Waals surface area contributed by atoms with Gasteiger partial charge in [-0.3, -0.25) is 11.3 Å². The standard InChI is InChI=1S/C9H13ClN2S/c1-6(2)5-7(12-11)8-3-4-9(10)13-8/h3-4,7,12H,1,5,11H2,2H3. The Morgan fingerprint density at radius 2 is 2.46 bits per heavy atom. The van der Waals surface area contributed by atoms with E-state index < -0.39 is 0 Å². The lowest BCUT2D eigenvalue weighted by Crippen LogP contribution is -2.27. The van der Waals surface area contributed by atoms with Gasteiger partial charge in [-0.25, -0.2) is 0 Å². The topological polar surface area (TPSA) is 38.0 Å². The van der Waals surface area contributed by atoms with E-state index in [0.29, 0.717) is 0 Å². The van der Waals surface area contributed by atoms with E-state index in [-0.39, 0.29) is 6.04 Å². The van der Waals surface area contributed by atoms with Crippen molar-refractivity contribution < 1.29 is 0 Å². The fourth-order valence-corrected chi connectivity index (χ4v) is 2.23. The van der Waals surface area contributed by atoms with E-state index in [9.17, 15) is 0 Å². The first-order valence-electron chi connectivity index (χ1n) is 3.99. The predicted octanol–water partition coefficient (Wildman–Crippen LogP) is 2.87. The molecule has 1 atom stereocenters. The van der Waals surface area contributed by atoms with Crippen molar-refractivity contribution in [2.24, 2.45) is 5.84 Å². The molecule has 0 saturated heterocycles. The van der Waals surface area contributed by atoms with Crippen LogP contribution in [0.2, 0.25) is 4.34 Å². The molecule has 1 heterocycles. The summed E-state index contributed by atoms with van der Waals surface area (Å²) in [5.74, 6) is 5.43. The fraction of sp³-hybridized carbons (Fsp3) is 0.333. The van der Waals surface area contributed by atoms with Gasteiger partial charge < -0.3 is 0 Å². The highest BCUT2D eigenvalue weighted by Gasteiger charge is 2.11. The summed E-state index contributed by atoms with van der Waals surface area (Å²) in [5, 5.41) is 0. The van der Waals surface area contributed by atoms with E-state index >= 15 is 0 Å². The van der Waals surface area contributed by atoms with Crippen LogP contribution in [-0.4, -0.2) is 0 Å². The van der Waals surface area contributed by atoms with Gasteiger partial charge in [0, 0.05) is 4.88 Å². The largest absolute Gasteiger partial charge is 0.271 e. The molecule has 0 aliphatic rings. The van der Waals surface area contributed by atoms with E-state index in [2.05, 4.69) is 12.0 Å². The van der Waals surface area contributed by atoms with Gasteiger partial charge in [-0.2, -0.15) is 0 Å². The Labute approximate surface area is 87.4 Å². The Balaban J connectivity index is 2.72. The zero-order valence-electron chi connectivity index (χ0n) is 7.51. The van der Waals surface area contributed by atoms with Crippen LogP contribution in [-0.2, 0) is 0 Å². The second-order valence-electron chi connectivity index (χ2n) is 3.02. The van der Waals surface area contributed by atoms with Crippen molar-refractivity contribution in [3.8, 4) is 0 Å². The zero-order valence-corrected chi connectivity index (χ0v) is 9.08. The molecule has 0 spiro atoms. The molecule has 72 valence electrons. The van der Waals surface area contributed by atoms with Gasteiger partial charge in [0.25, 0.3) is 0 Å². The third-order valence-electron chi connectivity index (χ3n) is 1.69. The molecule has 1 unspecified atom stereocenters. The highest BCUT2D eigenvalue weighted by molar-refractivity contribution is 7.16. The first kappa shape index (κ1) is 10.7. The number of hydrogen-bond acceptors (Lipinski definition) is 3. The molecule has 0 saturated carbocycles. The van der Waals surface area contributed by atoms with E-state index in [0.717, 1.165) is 21.2 Å². The first-order chi connectivity index (χ1) is 6.13. The number of nitrogens with one attached hydrogen (secondary N) is 1. The zero-order chi connectivity index (χ0) is 9.84. The SMILES string of the molecule is C=C(C)CC(NN)c1ccc(Cl)s1. The molecule has 0 aliphatic carbocycles. The monoisotopic (exact) mass is 216 g/mol. The number of nitrogens with two attached hydrogens (primary N) is 1. The minimum absolute atomic E-state index is 0.134. The quantitative estimate of drug-likeness (QED) is 0.462. The molecule has 2 nitrogen and oxygen atoms in total. The van der Waals surface area contributed by atoms with Gasteiger partial charge >= 0.3 is 0 Å². The van der Waals surface area contributed by atoms with Crippen LogP contribution < -0.4 is 11.3 Å². The van der Waals surface area contributed by atoms with Crippen LogP contribution in [0.1, 0.15) is 24.3 Å². The Bertz CT molecular complexity index is 296. The minimum Gasteiger partial charge on any atom is -0.271 e. The van der Waals surface area contributed by atoms with Crippen molar-refractivity contribution in [3.63, 3.8) is 0 Å². The molecule has 3 N–H and O–H groups in total. The first-order valence-corrected chi connectivity index (χ1v) is 5.18. The summed E-state index contributed by atoms with van der Waals surface area (Å²) < 4.78 is 0.789. The Morgan fingerprint density at radius 3 is 2.85 bits per heavy atom. The van der Waals surface area contributed by atoms with Gasteiger partial charge in [0.2, 0.25) is 0 Å². The molecule has 0 bridgehead atoms. The maximum absolute atomic E-state index is 5.83. The van der Waals surface area contributed by atoms with Gasteiger partial charge in [0.05, 0.1) is 10.4 Å². The summed E-state index contributed by atoms with van der Waals surface area (Å²) in [7, 11) is 0. The molecular formula is C9H13ClN2S. The highest BCUT2D eigenvalue weighted by atomic mass is 35.5. The van der Waals surface area contributed by atoms with Crippen LogP contribution in [0.4, 0.5) is 0 Å². The molecule has 4 heteroatoms. The van der Waals surface area contributed by atoms with Crippen molar-refractivity contribution >= 4 is 22.9 Å². The van der Waals surface area contributed by atoms with Crippen LogP contribution >= 0.6 is 22.9 Å². The van der Waals surface area contributed by atoms with E-state index in [1.54, 1.807) is 11.3 Å². The second-order valence-corrected chi connectivity index (χ2v) is 4.77. The van der Waals surface area contributed by atoms with Crippen LogP contribution in [0.25, 0.3) is 0 Å². The fourth-order valence-electron chi connectivity index (χ4n) is 1.11. The Kier molecular flexibility index (Phi) is 3.93. The van der Waals surface area contributed by atoms with Crippen LogP contribution in [0.3, 0.4) is 0 Å². The molecule has 13 heavy (non-hydrogen) atoms. The Morgan fingerprint density at radius 1 is 1.77 bits per heavy atom. The van der Waals surface area contributed by atoms with Crippen LogP contribution in [0.15, 0.2) is 24.3 Å². The number of hydrogen-bond donors (Lipinski definition) is 2. The van der Waals surface area contributed by atoms with Gasteiger partial charge in [0.15, 0.2) is 0 Å². The van der Waals surface area contributed by atoms with Crippen molar-refractivity contribution in [2.75, 3.05) is 0 Å². The van der Waals surface area contributed by atoms with E-state index in [4.69, 9.17) is 17.4 Å². The summed E-state index contributed by atoms with van der Waals surface area (Å²) in [5.41, 5.74) is 3.86. The Hall–Kier alpha value is -0.350. The molecule has 1 aromatic rings. The maximum Gasteiger partial charge on any atom is 0.0931 e. The van der Waals surface area contributed by atoms with Gasteiger partial charge in [-0.05, 0) is 25.5 Å². The molecule has 0 aromatic carbocycles. The maximum atomic E-state index is 5.83.